The van der Waals surface area contributed by atoms with Gasteiger partial charge in [-0.1, -0.05) is 0 Å². The van der Waals surface area contributed by atoms with Crippen molar-refractivity contribution in [2.75, 3.05) is 39.9 Å². The summed E-state index contributed by atoms with van der Waals surface area (Å²) in [6, 6.07) is 1.47. The van der Waals surface area contributed by atoms with Gasteiger partial charge in [-0.2, -0.15) is 8.78 Å². The molecule has 1 fully saturated rings. The fourth-order valence-electron chi connectivity index (χ4n) is 2.65. The summed E-state index contributed by atoms with van der Waals surface area (Å²) in [4.78, 5) is 15.5. The van der Waals surface area contributed by atoms with Crippen molar-refractivity contribution < 1.29 is 23.0 Å². The second-order valence-corrected chi connectivity index (χ2v) is 6.84. The fourth-order valence-corrected chi connectivity index (χ4v) is 3.51. The Morgan fingerprint density at radius 1 is 1.57 bits per heavy atom. The van der Waals surface area contributed by atoms with E-state index in [0.29, 0.717) is 19.1 Å². The van der Waals surface area contributed by atoms with Crippen LogP contribution in [0.2, 0.25) is 0 Å². The number of halogens is 2. The van der Waals surface area contributed by atoms with Crippen LogP contribution < -0.4 is 10.1 Å². The van der Waals surface area contributed by atoms with E-state index in [4.69, 9.17) is 4.74 Å². The molecule has 1 N–H and O–H groups in total. The number of ether oxygens (including phenoxy) is 2. The molecule has 130 valence electrons. The third-order valence-corrected chi connectivity index (χ3v) is 4.81. The van der Waals surface area contributed by atoms with Crippen molar-refractivity contribution in [1.82, 2.24) is 10.2 Å². The number of alkyl halides is 2. The molecule has 1 atom stereocenters. The SMILES string of the molecule is COCCN1CCC(CNC(=O)c2sc(C)cc2OC(F)F)C1. The first-order chi connectivity index (χ1) is 11.0. The molecule has 1 amide bonds. The van der Waals surface area contributed by atoms with Gasteiger partial charge in [-0.25, -0.2) is 0 Å². The zero-order valence-electron chi connectivity index (χ0n) is 13.3. The van der Waals surface area contributed by atoms with Crippen LogP contribution >= 0.6 is 11.3 Å². The highest BCUT2D eigenvalue weighted by molar-refractivity contribution is 7.14. The maximum Gasteiger partial charge on any atom is 0.387 e. The van der Waals surface area contributed by atoms with Gasteiger partial charge < -0.3 is 19.7 Å². The van der Waals surface area contributed by atoms with Crippen LogP contribution in [0.15, 0.2) is 6.07 Å². The van der Waals surface area contributed by atoms with Crippen molar-refractivity contribution in [3.8, 4) is 5.75 Å². The molecule has 1 aromatic heterocycles. The van der Waals surface area contributed by atoms with Crippen LogP contribution in [-0.2, 0) is 4.74 Å². The van der Waals surface area contributed by atoms with E-state index in [-0.39, 0.29) is 16.5 Å². The minimum Gasteiger partial charge on any atom is -0.433 e. The maximum atomic E-state index is 12.4. The molecule has 1 saturated heterocycles. The van der Waals surface area contributed by atoms with Crippen molar-refractivity contribution >= 4 is 17.2 Å². The number of carbonyl (C=O) groups excluding carboxylic acids is 1. The van der Waals surface area contributed by atoms with Crippen molar-refractivity contribution in [3.63, 3.8) is 0 Å². The lowest BCUT2D eigenvalue weighted by Gasteiger charge is -2.15. The lowest BCUT2D eigenvalue weighted by atomic mass is 10.1. The highest BCUT2D eigenvalue weighted by Crippen LogP contribution is 2.30. The lowest BCUT2D eigenvalue weighted by molar-refractivity contribution is -0.0498. The number of thiophene rings is 1. The Balaban J connectivity index is 1.83. The molecule has 1 aliphatic rings. The Morgan fingerprint density at radius 2 is 2.35 bits per heavy atom. The molecule has 0 radical (unpaired) electrons. The van der Waals surface area contributed by atoms with Gasteiger partial charge in [-0.05, 0) is 31.9 Å². The molecule has 1 aromatic rings. The first kappa shape index (κ1) is 18.1. The van der Waals surface area contributed by atoms with Gasteiger partial charge in [0.1, 0.15) is 10.6 Å². The third kappa shape index (κ3) is 5.40. The molecular weight excluding hydrogens is 326 g/mol. The van der Waals surface area contributed by atoms with Crippen molar-refractivity contribution in [2.24, 2.45) is 5.92 Å². The van der Waals surface area contributed by atoms with E-state index in [1.54, 1.807) is 14.0 Å². The average molecular weight is 348 g/mol. The van der Waals surface area contributed by atoms with E-state index < -0.39 is 6.61 Å². The highest BCUT2D eigenvalue weighted by Gasteiger charge is 2.24. The van der Waals surface area contributed by atoms with E-state index >= 15 is 0 Å². The van der Waals surface area contributed by atoms with Crippen LogP contribution in [0.25, 0.3) is 0 Å². The molecule has 2 rings (SSSR count). The minimum atomic E-state index is -2.93. The molecule has 1 unspecified atom stereocenters. The minimum absolute atomic E-state index is 0.0480. The quantitative estimate of drug-likeness (QED) is 0.784. The van der Waals surface area contributed by atoms with Crippen LogP contribution in [0.5, 0.6) is 5.75 Å². The monoisotopic (exact) mass is 348 g/mol. The highest BCUT2D eigenvalue weighted by atomic mass is 32.1. The summed E-state index contributed by atoms with van der Waals surface area (Å²) >= 11 is 1.16. The summed E-state index contributed by atoms with van der Waals surface area (Å²) in [6.07, 6.45) is 1.01. The van der Waals surface area contributed by atoms with Crippen molar-refractivity contribution in [2.45, 2.75) is 20.0 Å². The smallest absolute Gasteiger partial charge is 0.387 e. The predicted molar refractivity (Wildman–Crippen MR) is 84.4 cm³/mol. The lowest BCUT2D eigenvalue weighted by Crippen LogP contribution is -2.31. The Labute approximate surface area is 138 Å². The molecular formula is C15H22F2N2O3S. The Bertz CT molecular complexity index is 525. The standard InChI is InChI=1S/C15H22F2N2O3S/c1-10-7-12(22-15(16)17)13(23-10)14(20)18-8-11-3-4-19(9-11)5-6-21-2/h7,11,15H,3-6,8-9H2,1-2H3,(H,18,20). The summed E-state index contributed by atoms with van der Waals surface area (Å²) in [7, 11) is 1.68. The van der Waals surface area contributed by atoms with Crippen LogP contribution in [0.3, 0.4) is 0 Å². The molecule has 0 aromatic carbocycles. The second-order valence-electron chi connectivity index (χ2n) is 5.59. The van der Waals surface area contributed by atoms with Gasteiger partial charge in [0.25, 0.3) is 5.91 Å². The van der Waals surface area contributed by atoms with Gasteiger partial charge in [-0.15, -0.1) is 11.3 Å². The van der Waals surface area contributed by atoms with Gasteiger partial charge >= 0.3 is 6.61 Å². The fraction of sp³-hybridized carbons (Fsp3) is 0.667. The van der Waals surface area contributed by atoms with Crippen LogP contribution in [-0.4, -0.2) is 57.3 Å². The zero-order valence-corrected chi connectivity index (χ0v) is 14.1. The number of hydrogen-bond acceptors (Lipinski definition) is 5. The Kier molecular flexibility index (Phi) is 6.73. The number of aryl methyl sites for hydroxylation is 1. The Morgan fingerprint density at radius 3 is 3.04 bits per heavy atom. The van der Waals surface area contributed by atoms with Gasteiger partial charge in [0.15, 0.2) is 0 Å². The summed E-state index contributed by atoms with van der Waals surface area (Å²) in [5.74, 6) is -0.0291. The number of amides is 1. The van der Waals surface area contributed by atoms with E-state index in [1.165, 1.54) is 6.07 Å². The zero-order chi connectivity index (χ0) is 16.8. The topological polar surface area (TPSA) is 50.8 Å². The third-order valence-electron chi connectivity index (χ3n) is 3.78. The second kappa shape index (κ2) is 8.56. The number of methoxy groups -OCH3 is 1. The van der Waals surface area contributed by atoms with Crippen LogP contribution in [0.1, 0.15) is 21.0 Å². The number of nitrogens with zero attached hydrogens (tertiary/aromatic N) is 1. The summed E-state index contributed by atoms with van der Waals surface area (Å²) < 4.78 is 34.2. The molecule has 0 spiro atoms. The van der Waals surface area contributed by atoms with E-state index in [2.05, 4.69) is 15.0 Å². The number of nitrogens with one attached hydrogen (secondary N) is 1. The van der Waals surface area contributed by atoms with Gasteiger partial charge in [0, 0.05) is 31.6 Å². The summed E-state index contributed by atoms with van der Waals surface area (Å²) in [5, 5.41) is 2.83. The van der Waals surface area contributed by atoms with Crippen molar-refractivity contribution in [3.05, 3.63) is 15.8 Å². The first-order valence-electron chi connectivity index (χ1n) is 7.54. The molecule has 0 saturated carbocycles. The number of carbonyl (C=O) groups is 1. The first-order valence-corrected chi connectivity index (χ1v) is 8.36. The molecule has 0 aliphatic carbocycles. The molecule has 0 bridgehead atoms. The predicted octanol–water partition coefficient (Wildman–Crippen LogP) is 2.36. The molecule has 23 heavy (non-hydrogen) atoms. The molecule has 2 heterocycles. The van der Waals surface area contributed by atoms with Crippen LogP contribution in [0, 0.1) is 12.8 Å². The van der Waals surface area contributed by atoms with Gasteiger partial charge in [-0.3, -0.25) is 4.79 Å². The van der Waals surface area contributed by atoms with Gasteiger partial charge in [0.05, 0.1) is 6.61 Å². The maximum absolute atomic E-state index is 12.4. The molecule has 8 heteroatoms. The van der Waals surface area contributed by atoms with E-state index in [9.17, 15) is 13.6 Å². The Hall–Kier alpha value is -1.25. The normalized spacial score (nSPS) is 18.6. The van der Waals surface area contributed by atoms with Crippen molar-refractivity contribution in [1.29, 1.82) is 0 Å². The molecule has 5 nitrogen and oxygen atoms in total. The number of hydrogen-bond donors (Lipinski definition) is 1. The van der Waals surface area contributed by atoms with Gasteiger partial charge in [0.2, 0.25) is 0 Å². The summed E-state index contributed by atoms with van der Waals surface area (Å²) in [5.41, 5.74) is 0. The van der Waals surface area contributed by atoms with E-state index in [1.807, 2.05) is 0 Å². The average Bonchev–Trinajstić information content (AvgIpc) is 3.08. The summed E-state index contributed by atoms with van der Waals surface area (Å²) in [6.45, 7) is 2.84. The van der Waals surface area contributed by atoms with E-state index in [0.717, 1.165) is 42.3 Å². The van der Waals surface area contributed by atoms with Crippen LogP contribution in [0.4, 0.5) is 8.78 Å². The molecule has 1 aliphatic heterocycles. The number of rotatable bonds is 8. The number of likely N-dealkylation sites (tertiary alicyclic amines) is 1. The largest absolute Gasteiger partial charge is 0.433 e.